The van der Waals surface area contributed by atoms with Gasteiger partial charge in [-0.05, 0) is 10.8 Å². The molecule has 0 aliphatic rings. The van der Waals surface area contributed by atoms with Gasteiger partial charge in [-0.2, -0.15) is 0 Å². The van der Waals surface area contributed by atoms with E-state index in [9.17, 15) is 0 Å². The molecule has 0 aromatic heterocycles. The van der Waals surface area contributed by atoms with E-state index in [1.165, 1.54) is 10.8 Å². The van der Waals surface area contributed by atoms with E-state index in [1.807, 2.05) is 0 Å². The maximum atomic E-state index is 2.12. The van der Waals surface area contributed by atoms with Crippen molar-refractivity contribution in [3.63, 3.8) is 0 Å². The molecule has 0 bridgehead atoms. The lowest BCUT2D eigenvalue weighted by Gasteiger charge is -1.92. The van der Waals surface area contributed by atoms with Crippen LogP contribution < -0.4 is 0 Å². The number of hydrogen-bond acceptors (Lipinski definition) is 0. The van der Waals surface area contributed by atoms with Crippen LogP contribution in [-0.4, -0.2) is 23.1 Å². The Morgan fingerprint density at radius 3 is 1.09 bits per heavy atom. The van der Waals surface area contributed by atoms with Crippen LogP contribution in [-0.2, 0) is 0 Å². The average Bonchev–Trinajstić information content (AvgIpc) is 2.05. The number of hydrogen-bond donors (Lipinski definition) is 0. The van der Waals surface area contributed by atoms with Crippen molar-refractivity contribution in [1.82, 2.24) is 0 Å². The van der Waals surface area contributed by atoms with Crippen LogP contribution in [0.15, 0.2) is 48.5 Å². The van der Waals surface area contributed by atoms with E-state index in [0.29, 0.717) is 0 Å². The molecule has 0 aliphatic heterocycles. The Bertz CT molecular complexity index is 276. The number of rotatable bonds is 0. The van der Waals surface area contributed by atoms with Crippen LogP contribution in [0.5, 0.6) is 0 Å². The zero-order valence-corrected chi connectivity index (χ0v) is 7.74. The van der Waals surface area contributed by atoms with Crippen LogP contribution >= 0.6 is 0 Å². The molecule has 0 spiro atoms. The largest absolute Gasteiger partial charge is 0.0616 e. The van der Waals surface area contributed by atoms with E-state index in [-0.39, 0.29) is 23.1 Å². The van der Waals surface area contributed by atoms with Crippen LogP contribution in [0.25, 0.3) is 10.8 Å². The summed E-state index contributed by atoms with van der Waals surface area (Å²) in [6.07, 6.45) is 0. The molecule has 11 heavy (non-hydrogen) atoms. The Morgan fingerprint density at radius 2 is 0.818 bits per heavy atom. The summed E-state index contributed by atoms with van der Waals surface area (Å²) >= 11 is 0. The summed E-state index contributed by atoms with van der Waals surface area (Å²) in [6, 6.07) is 16.7. The second-order valence-electron chi connectivity index (χ2n) is 2.35. The van der Waals surface area contributed by atoms with Crippen molar-refractivity contribution in [2.24, 2.45) is 0 Å². The first-order chi connectivity index (χ1) is 4.97. The van der Waals surface area contributed by atoms with Crippen LogP contribution in [0.2, 0.25) is 0 Å². The fourth-order valence-electron chi connectivity index (χ4n) is 1.13. The Balaban J connectivity index is 0.000000605. The van der Waals surface area contributed by atoms with Crippen molar-refractivity contribution in [1.29, 1.82) is 0 Å². The van der Waals surface area contributed by atoms with Crippen LogP contribution in [0.3, 0.4) is 0 Å². The van der Waals surface area contributed by atoms with Gasteiger partial charge in [0.2, 0.25) is 0 Å². The molecule has 0 saturated heterocycles. The van der Waals surface area contributed by atoms with Crippen molar-refractivity contribution in [2.45, 2.75) is 0 Å². The molecule has 2 aromatic carbocycles. The highest BCUT2D eigenvalue weighted by atomic mass is 24.3. The maximum absolute atomic E-state index is 2.12. The minimum absolute atomic E-state index is 0. The second-order valence-corrected chi connectivity index (χ2v) is 2.35. The molecule has 2 aromatic rings. The lowest BCUT2D eigenvalue weighted by molar-refractivity contribution is 1.75. The van der Waals surface area contributed by atoms with Crippen LogP contribution in [0.1, 0.15) is 0 Å². The molecule has 0 atom stereocenters. The Hall–Kier alpha value is -0.534. The first-order valence-corrected chi connectivity index (χ1v) is 3.40. The fourth-order valence-corrected chi connectivity index (χ4v) is 1.13. The number of benzene rings is 2. The molecule has 0 aliphatic carbocycles. The van der Waals surface area contributed by atoms with Gasteiger partial charge in [0, 0.05) is 23.1 Å². The van der Waals surface area contributed by atoms with Crippen molar-refractivity contribution < 1.29 is 0 Å². The van der Waals surface area contributed by atoms with Gasteiger partial charge in [0.05, 0.1) is 0 Å². The lowest BCUT2D eigenvalue weighted by Crippen LogP contribution is -1.67. The molecule has 50 valence electrons. The fraction of sp³-hybridized carbons (Fsp3) is 0. The Labute approximate surface area is 82.4 Å². The standard InChI is InChI=1S/C10H8.Mg/c1-2-6-10-8-4-3-7-9(10)5-1;/h1-8H;. The predicted octanol–water partition coefficient (Wildman–Crippen LogP) is 2.46. The quantitative estimate of drug-likeness (QED) is 0.509. The average molecular weight is 152 g/mol. The summed E-state index contributed by atoms with van der Waals surface area (Å²) in [6.45, 7) is 0. The lowest BCUT2D eigenvalue weighted by atomic mass is 10.1. The van der Waals surface area contributed by atoms with Gasteiger partial charge in [-0.3, -0.25) is 0 Å². The molecule has 0 amide bonds. The third-order valence-electron chi connectivity index (χ3n) is 1.66. The highest BCUT2D eigenvalue weighted by Gasteiger charge is 1.85. The zero-order chi connectivity index (χ0) is 6.81. The molecule has 0 N–H and O–H groups in total. The minimum Gasteiger partial charge on any atom is -0.0616 e. The molecule has 2 radical (unpaired) electrons. The first kappa shape index (κ1) is 8.56. The van der Waals surface area contributed by atoms with Gasteiger partial charge in [0.1, 0.15) is 0 Å². The summed E-state index contributed by atoms with van der Waals surface area (Å²) in [5, 5.41) is 2.62. The summed E-state index contributed by atoms with van der Waals surface area (Å²) in [5.74, 6) is 0. The van der Waals surface area contributed by atoms with E-state index in [1.54, 1.807) is 0 Å². The highest BCUT2D eigenvalue weighted by Crippen LogP contribution is 2.11. The molecule has 0 fully saturated rings. The summed E-state index contributed by atoms with van der Waals surface area (Å²) < 4.78 is 0. The Morgan fingerprint density at radius 1 is 0.545 bits per heavy atom. The number of fused-ring (bicyclic) bond motifs is 1. The summed E-state index contributed by atoms with van der Waals surface area (Å²) in [4.78, 5) is 0. The smallest absolute Gasteiger partial charge is 0 e. The zero-order valence-electron chi connectivity index (χ0n) is 6.33. The van der Waals surface area contributed by atoms with Gasteiger partial charge in [0.25, 0.3) is 0 Å². The molecular weight excluding hydrogens is 144 g/mol. The molecule has 1 heteroatoms. The monoisotopic (exact) mass is 152 g/mol. The Kier molecular flexibility index (Phi) is 2.91. The molecule has 2 rings (SSSR count). The van der Waals surface area contributed by atoms with E-state index >= 15 is 0 Å². The normalized spacial score (nSPS) is 9.09. The summed E-state index contributed by atoms with van der Waals surface area (Å²) in [5.41, 5.74) is 0. The van der Waals surface area contributed by atoms with Gasteiger partial charge < -0.3 is 0 Å². The SMILES string of the molecule is [Mg].c1ccc2ccccc2c1. The third-order valence-corrected chi connectivity index (χ3v) is 1.66. The summed E-state index contributed by atoms with van der Waals surface area (Å²) in [7, 11) is 0. The third kappa shape index (κ3) is 1.73. The molecular formula is C10H8Mg. The van der Waals surface area contributed by atoms with E-state index in [0.717, 1.165) is 0 Å². The van der Waals surface area contributed by atoms with Crippen molar-refractivity contribution in [3.05, 3.63) is 48.5 Å². The first-order valence-electron chi connectivity index (χ1n) is 3.40. The van der Waals surface area contributed by atoms with Gasteiger partial charge in [0.15, 0.2) is 0 Å². The molecule has 0 saturated carbocycles. The van der Waals surface area contributed by atoms with Crippen LogP contribution in [0.4, 0.5) is 0 Å². The predicted molar refractivity (Wildman–Crippen MR) is 49.7 cm³/mol. The minimum atomic E-state index is 0. The second kappa shape index (κ2) is 3.74. The van der Waals surface area contributed by atoms with E-state index in [4.69, 9.17) is 0 Å². The maximum Gasteiger partial charge on any atom is 0 e. The van der Waals surface area contributed by atoms with Gasteiger partial charge in [-0.15, -0.1) is 0 Å². The van der Waals surface area contributed by atoms with Gasteiger partial charge >= 0.3 is 0 Å². The van der Waals surface area contributed by atoms with E-state index in [2.05, 4.69) is 48.5 Å². The van der Waals surface area contributed by atoms with E-state index < -0.39 is 0 Å². The van der Waals surface area contributed by atoms with Crippen molar-refractivity contribution in [2.75, 3.05) is 0 Å². The molecule has 0 nitrogen and oxygen atoms in total. The van der Waals surface area contributed by atoms with Gasteiger partial charge in [-0.1, -0.05) is 48.5 Å². The van der Waals surface area contributed by atoms with Crippen molar-refractivity contribution >= 4 is 33.8 Å². The highest BCUT2D eigenvalue weighted by molar-refractivity contribution is 5.81. The topological polar surface area (TPSA) is 0 Å². The van der Waals surface area contributed by atoms with Crippen molar-refractivity contribution in [3.8, 4) is 0 Å². The molecule has 0 unspecified atom stereocenters. The van der Waals surface area contributed by atoms with Crippen LogP contribution in [0, 0.1) is 0 Å². The van der Waals surface area contributed by atoms with Gasteiger partial charge in [-0.25, -0.2) is 0 Å². The molecule has 0 heterocycles.